The van der Waals surface area contributed by atoms with Crippen molar-refractivity contribution < 1.29 is 9.72 Å². The number of carbonyl (C=O) groups excluding carboxylic acids is 1. The molecular weight excluding hydrogens is 372 g/mol. The lowest BCUT2D eigenvalue weighted by molar-refractivity contribution is -0.391. The fourth-order valence-corrected chi connectivity index (χ4v) is 3.66. The molecule has 2 aromatic heterocycles. The highest BCUT2D eigenvalue weighted by atomic mass is 16.6. The Balaban J connectivity index is 1.48. The number of piperazine rings is 1. The van der Waals surface area contributed by atoms with Crippen LogP contribution in [-0.4, -0.2) is 56.5 Å². The topological polar surface area (TPSA) is 96.9 Å². The van der Waals surface area contributed by atoms with Gasteiger partial charge in [0.15, 0.2) is 5.82 Å². The fraction of sp³-hybridized carbons (Fsp3) is 0.350. The van der Waals surface area contributed by atoms with Crippen LogP contribution in [0, 0.1) is 10.1 Å². The third-order valence-electron chi connectivity index (χ3n) is 5.44. The second-order valence-electron chi connectivity index (χ2n) is 7.61. The van der Waals surface area contributed by atoms with Crippen molar-refractivity contribution in [3.63, 3.8) is 0 Å². The molecule has 3 heterocycles. The average Bonchev–Trinajstić information content (AvgIpc) is 3.17. The zero-order chi connectivity index (χ0) is 20.6. The highest BCUT2D eigenvalue weighted by Gasteiger charge is 2.35. The largest absolute Gasteiger partial charge is 0.368 e. The molecule has 29 heavy (non-hydrogen) atoms. The van der Waals surface area contributed by atoms with Gasteiger partial charge in [0.2, 0.25) is 11.6 Å². The van der Waals surface area contributed by atoms with Crippen molar-refractivity contribution in [1.29, 1.82) is 0 Å². The van der Waals surface area contributed by atoms with Crippen molar-refractivity contribution in [3.05, 3.63) is 64.3 Å². The van der Waals surface area contributed by atoms with Crippen LogP contribution in [0.4, 0.5) is 11.6 Å². The van der Waals surface area contributed by atoms with Crippen LogP contribution in [0.15, 0.2) is 48.7 Å². The van der Waals surface area contributed by atoms with E-state index in [1.165, 1.54) is 10.7 Å². The number of amides is 1. The lowest BCUT2D eigenvalue weighted by Gasteiger charge is -2.39. The van der Waals surface area contributed by atoms with Crippen LogP contribution in [0.25, 0.3) is 5.65 Å². The van der Waals surface area contributed by atoms with Gasteiger partial charge in [-0.1, -0.05) is 39.9 Å². The Hall–Kier alpha value is -3.49. The molecule has 1 aliphatic rings. The summed E-state index contributed by atoms with van der Waals surface area (Å²) in [6, 6.07) is 13.3. The van der Waals surface area contributed by atoms with Crippen molar-refractivity contribution in [3.8, 4) is 0 Å². The van der Waals surface area contributed by atoms with Gasteiger partial charge >= 0.3 is 5.82 Å². The number of nitrogens with zero attached hydrogens (tertiary/aromatic N) is 6. The zero-order valence-corrected chi connectivity index (χ0v) is 16.4. The van der Waals surface area contributed by atoms with Crippen molar-refractivity contribution in [1.82, 2.24) is 19.5 Å². The summed E-state index contributed by atoms with van der Waals surface area (Å²) < 4.78 is 1.24. The number of fused-ring (bicyclic) bond motifs is 1. The number of nitro groups is 1. The summed E-state index contributed by atoms with van der Waals surface area (Å²) in [5.41, 5.74) is 0.823. The van der Waals surface area contributed by atoms with Crippen LogP contribution in [-0.2, 0) is 10.2 Å². The van der Waals surface area contributed by atoms with Crippen LogP contribution < -0.4 is 4.90 Å². The number of carbonyl (C=O) groups is 1. The van der Waals surface area contributed by atoms with Crippen LogP contribution in [0.5, 0.6) is 0 Å². The molecule has 0 saturated carbocycles. The number of hydrogen-bond acceptors (Lipinski definition) is 6. The Labute approximate surface area is 167 Å². The Bertz CT molecular complexity index is 1050. The molecule has 0 unspecified atom stereocenters. The van der Waals surface area contributed by atoms with E-state index in [1.807, 2.05) is 54.0 Å². The summed E-state index contributed by atoms with van der Waals surface area (Å²) >= 11 is 0. The Morgan fingerprint density at radius 1 is 1.07 bits per heavy atom. The number of aromatic nitrogens is 3. The van der Waals surface area contributed by atoms with Gasteiger partial charge in [-0.25, -0.2) is 4.98 Å². The van der Waals surface area contributed by atoms with Crippen molar-refractivity contribution in [2.45, 2.75) is 19.3 Å². The normalized spacial score (nSPS) is 15.0. The molecule has 3 aromatic rings. The second kappa shape index (κ2) is 7.16. The Morgan fingerprint density at radius 2 is 1.76 bits per heavy atom. The third-order valence-corrected chi connectivity index (χ3v) is 5.44. The van der Waals surface area contributed by atoms with Crippen LogP contribution in [0.2, 0.25) is 0 Å². The van der Waals surface area contributed by atoms with E-state index in [-0.39, 0.29) is 11.7 Å². The number of rotatable bonds is 4. The molecule has 4 rings (SSSR count). The minimum Gasteiger partial charge on any atom is -0.358 e. The molecule has 0 bridgehead atoms. The Kier molecular flexibility index (Phi) is 4.65. The first-order valence-corrected chi connectivity index (χ1v) is 9.47. The molecule has 0 radical (unpaired) electrons. The summed E-state index contributed by atoms with van der Waals surface area (Å²) in [5.74, 6) is 0.560. The average molecular weight is 394 g/mol. The van der Waals surface area contributed by atoms with E-state index in [0.29, 0.717) is 37.6 Å². The van der Waals surface area contributed by atoms with Gasteiger partial charge in [-0.05, 0) is 30.4 Å². The van der Waals surface area contributed by atoms with Gasteiger partial charge in [-0.2, -0.15) is 0 Å². The summed E-state index contributed by atoms with van der Waals surface area (Å²) in [5, 5.41) is 15.5. The molecule has 1 fully saturated rings. The van der Waals surface area contributed by atoms with Crippen LogP contribution in [0.1, 0.15) is 19.4 Å². The number of benzene rings is 1. The molecule has 9 heteroatoms. The molecule has 0 atom stereocenters. The number of anilines is 1. The van der Waals surface area contributed by atoms with Crippen molar-refractivity contribution in [2.24, 2.45) is 0 Å². The van der Waals surface area contributed by atoms with E-state index in [2.05, 4.69) is 10.1 Å². The van der Waals surface area contributed by atoms with Gasteiger partial charge in [-0.3, -0.25) is 4.79 Å². The highest BCUT2D eigenvalue weighted by molar-refractivity contribution is 5.87. The maximum absolute atomic E-state index is 13.1. The van der Waals surface area contributed by atoms with E-state index >= 15 is 0 Å². The van der Waals surface area contributed by atoms with Gasteiger partial charge in [0.05, 0.1) is 5.41 Å². The van der Waals surface area contributed by atoms with Crippen LogP contribution in [0.3, 0.4) is 0 Å². The molecule has 1 amide bonds. The molecular formula is C20H22N6O3. The lowest BCUT2D eigenvalue weighted by Crippen LogP contribution is -2.53. The predicted molar refractivity (Wildman–Crippen MR) is 108 cm³/mol. The molecule has 9 nitrogen and oxygen atoms in total. The van der Waals surface area contributed by atoms with E-state index in [1.54, 1.807) is 12.1 Å². The fourth-order valence-electron chi connectivity index (χ4n) is 3.66. The molecule has 0 N–H and O–H groups in total. The van der Waals surface area contributed by atoms with Gasteiger partial charge in [-0.15, -0.1) is 0 Å². The second-order valence-corrected chi connectivity index (χ2v) is 7.61. The predicted octanol–water partition coefficient (Wildman–Crippen LogP) is 2.26. The van der Waals surface area contributed by atoms with Crippen molar-refractivity contribution >= 4 is 23.2 Å². The molecule has 1 aromatic carbocycles. The first-order chi connectivity index (χ1) is 13.9. The highest BCUT2D eigenvalue weighted by Crippen LogP contribution is 2.27. The van der Waals surface area contributed by atoms with E-state index < -0.39 is 10.3 Å². The first kappa shape index (κ1) is 18.9. The molecule has 0 spiro atoms. The molecule has 1 aliphatic heterocycles. The minimum absolute atomic E-state index is 0.0945. The van der Waals surface area contributed by atoms with Gasteiger partial charge in [0.25, 0.3) is 0 Å². The maximum atomic E-state index is 13.1. The SMILES string of the molecule is CC(C)(C(=O)N1CCN(c2ccc3ncc([N+](=O)[O-])n3n2)CC1)c1ccccc1. The van der Waals surface area contributed by atoms with E-state index in [9.17, 15) is 14.9 Å². The summed E-state index contributed by atoms with van der Waals surface area (Å²) in [6.07, 6.45) is 1.20. The van der Waals surface area contributed by atoms with Gasteiger partial charge in [0.1, 0.15) is 6.20 Å². The quantitative estimate of drug-likeness (QED) is 0.497. The standard InChI is InChI=1S/C20H22N6O3/c1-20(2,15-6-4-3-5-7-15)19(27)24-12-10-23(11-13-24)17-9-8-16-21-14-18(26(28)29)25(16)22-17/h3-9,14H,10-13H2,1-2H3. The summed E-state index contributed by atoms with van der Waals surface area (Å²) in [6.45, 7) is 6.26. The monoisotopic (exact) mass is 394 g/mol. The summed E-state index contributed by atoms with van der Waals surface area (Å²) in [7, 11) is 0. The van der Waals surface area contributed by atoms with Crippen molar-refractivity contribution in [2.75, 3.05) is 31.1 Å². The van der Waals surface area contributed by atoms with E-state index in [0.717, 1.165) is 5.56 Å². The first-order valence-electron chi connectivity index (χ1n) is 9.47. The maximum Gasteiger partial charge on any atom is 0.368 e. The Morgan fingerprint density at radius 3 is 2.41 bits per heavy atom. The molecule has 150 valence electrons. The zero-order valence-electron chi connectivity index (χ0n) is 16.4. The van der Waals surface area contributed by atoms with E-state index in [4.69, 9.17) is 0 Å². The smallest absolute Gasteiger partial charge is 0.358 e. The molecule has 1 saturated heterocycles. The van der Waals surface area contributed by atoms with Gasteiger partial charge in [0, 0.05) is 32.2 Å². The molecule has 0 aliphatic carbocycles. The lowest BCUT2D eigenvalue weighted by atomic mass is 9.83. The van der Waals surface area contributed by atoms with Gasteiger partial charge < -0.3 is 19.9 Å². The third kappa shape index (κ3) is 3.39. The number of imidazole rings is 1. The number of hydrogen-bond donors (Lipinski definition) is 0. The van der Waals surface area contributed by atoms with Crippen LogP contribution >= 0.6 is 0 Å². The minimum atomic E-state index is -0.599. The summed E-state index contributed by atoms with van der Waals surface area (Å²) in [4.78, 5) is 31.7.